The van der Waals surface area contributed by atoms with Gasteiger partial charge in [-0.3, -0.25) is 0 Å². The van der Waals surface area contributed by atoms with E-state index in [1.165, 1.54) is 68.6 Å². The van der Waals surface area contributed by atoms with E-state index in [2.05, 4.69) is 72.7 Å². The molecule has 0 radical (unpaired) electrons. The molecule has 2 aliphatic carbocycles. The minimum Gasteiger partial charge on any atom is -0.353 e. The van der Waals surface area contributed by atoms with Gasteiger partial charge in [-0.05, 0) is 75.5 Å². The Kier molecular flexibility index (Phi) is 24.8. The van der Waals surface area contributed by atoms with Gasteiger partial charge in [-0.15, -0.1) is 0 Å². The van der Waals surface area contributed by atoms with Crippen LogP contribution in [0, 0.1) is 63.1 Å². The summed E-state index contributed by atoms with van der Waals surface area (Å²) in [7, 11) is 0. The van der Waals surface area contributed by atoms with Crippen LogP contribution in [0.5, 0.6) is 0 Å². The molecule has 0 bridgehead atoms. The molecule has 3 heteroatoms. The van der Waals surface area contributed by atoms with Crippen LogP contribution >= 0.6 is 0 Å². The van der Waals surface area contributed by atoms with Gasteiger partial charge in [0.25, 0.3) is 0 Å². The molecule has 43 heavy (non-hydrogen) atoms. The Bertz CT molecular complexity index is 802. The minimum atomic E-state index is -0.116. The molecule has 5 rings (SSSR count). The maximum absolute atomic E-state index is 12.6. The lowest BCUT2D eigenvalue weighted by molar-refractivity contribution is -0.187. The zero-order valence-electron chi connectivity index (χ0n) is 28.3. The number of halogens is 1. The maximum atomic E-state index is 12.6. The second-order valence-electron chi connectivity index (χ2n) is 13.5. The third-order valence-electron chi connectivity index (χ3n) is 8.39. The van der Waals surface area contributed by atoms with Crippen LogP contribution in [0.15, 0.2) is 42.5 Å². The highest BCUT2D eigenvalue weighted by molar-refractivity contribution is 5.21. The molecule has 1 saturated heterocycles. The molecule has 2 aromatic carbocycles. The molecule has 1 aliphatic heterocycles. The van der Waals surface area contributed by atoms with Crippen LogP contribution in [0.1, 0.15) is 130 Å². The van der Waals surface area contributed by atoms with Crippen molar-refractivity contribution in [2.45, 2.75) is 142 Å². The Hall–Kier alpha value is -1.71. The Morgan fingerprint density at radius 3 is 1.05 bits per heavy atom. The lowest BCUT2D eigenvalue weighted by Gasteiger charge is -2.24. The zero-order valence-corrected chi connectivity index (χ0v) is 28.3. The van der Waals surface area contributed by atoms with Crippen LogP contribution in [-0.4, -0.2) is 19.5 Å². The fraction of sp³-hybridized carbons (Fsp3) is 0.700. The van der Waals surface area contributed by atoms with E-state index in [1.807, 2.05) is 19.9 Å². The van der Waals surface area contributed by atoms with Gasteiger partial charge in [-0.25, -0.2) is 4.39 Å². The summed E-state index contributed by atoms with van der Waals surface area (Å²) in [5.41, 5.74) is 4.34. The third-order valence-corrected chi connectivity index (χ3v) is 8.39. The summed E-state index contributed by atoms with van der Waals surface area (Å²) in [6, 6.07) is 13.7. The van der Waals surface area contributed by atoms with E-state index in [9.17, 15) is 4.39 Å². The highest BCUT2D eigenvalue weighted by Crippen LogP contribution is 2.28. The van der Waals surface area contributed by atoms with Crippen molar-refractivity contribution in [2.75, 3.05) is 13.2 Å². The second kappa shape index (κ2) is 24.6. The van der Waals surface area contributed by atoms with E-state index in [1.54, 1.807) is 13.0 Å². The molecule has 1 heterocycles. The van der Waals surface area contributed by atoms with Crippen LogP contribution in [0.25, 0.3) is 0 Å². The molecule has 2 nitrogen and oxygen atoms in total. The fourth-order valence-electron chi connectivity index (χ4n) is 4.88. The molecule has 0 unspecified atom stereocenters. The molecule has 3 fully saturated rings. The van der Waals surface area contributed by atoms with Gasteiger partial charge in [0.15, 0.2) is 6.29 Å². The molecular weight excluding hydrogens is 531 g/mol. The molecule has 3 aliphatic rings. The third kappa shape index (κ3) is 22.5. The lowest BCUT2D eigenvalue weighted by atomic mass is 9.84. The largest absolute Gasteiger partial charge is 0.353 e. The maximum Gasteiger partial charge on any atom is 0.154 e. The van der Waals surface area contributed by atoms with E-state index < -0.39 is 0 Å². The highest BCUT2D eigenvalue weighted by Gasteiger charge is 2.14. The average molecular weight is 603 g/mol. The van der Waals surface area contributed by atoms with Gasteiger partial charge in [0.1, 0.15) is 5.82 Å². The van der Waals surface area contributed by atoms with Gasteiger partial charge in [0.2, 0.25) is 0 Å². The number of hydrogen-bond donors (Lipinski definition) is 0. The molecule has 2 aromatic rings. The Labute approximate surface area is 268 Å². The van der Waals surface area contributed by atoms with Crippen molar-refractivity contribution in [1.82, 2.24) is 0 Å². The van der Waals surface area contributed by atoms with Crippen molar-refractivity contribution in [1.29, 1.82) is 0 Å². The molecule has 2 saturated carbocycles. The van der Waals surface area contributed by atoms with E-state index in [0.717, 1.165) is 42.4 Å². The van der Waals surface area contributed by atoms with Gasteiger partial charge in [-0.1, -0.05) is 148 Å². The molecule has 0 aromatic heterocycles. The van der Waals surface area contributed by atoms with Crippen LogP contribution < -0.4 is 0 Å². The second-order valence-corrected chi connectivity index (χ2v) is 13.5. The van der Waals surface area contributed by atoms with Gasteiger partial charge < -0.3 is 9.47 Å². The molecule has 0 amide bonds. The van der Waals surface area contributed by atoms with Crippen molar-refractivity contribution in [3.8, 4) is 0 Å². The quantitative estimate of drug-likeness (QED) is 0.299. The summed E-state index contributed by atoms with van der Waals surface area (Å²) >= 11 is 0. The summed E-state index contributed by atoms with van der Waals surface area (Å²) in [5.74, 6) is 4.54. The number of aryl methyl sites for hydroxylation is 4. The Balaban J connectivity index is 0. The molecule has 0 atom stereocenters. The van der Waals surface area contributed by atoms with Gasteiger partial charge in [-0.2, -0.15) is 0 Å². The minimum absolute atomic E-state index is 0. The van der Waals surface area contributed by atoms with Crippen molar-refractivity contribution < 1.29 is 13.9 Å². The monoisotopic (exact) mass is 603 g/mol. The number of ether oxygens (including phenoxy) is 2. The van der Waals surface area contributed by atoms with E-state index in [0.29, 0.717) is 11.5 Å². The number of hydrogen-bond acceptors (Lipinski definition) is 2. The Morgan fingerprint density at radius 1 is 0.488 bits per heavy atom. The summed E-state index contributed by atoms with van der Waals surface area (Å²) < 4.78 is 22.9. The lowest BCUT2D eigenvalue weighted by Crippen LogP contribution is -2.27. The predicted octanol–water partition coefficient (Wildman–Crippen LogP) is 12.7. The van der Waals surface area contributed by atoms with E-state index >= 15 is 0 Å². The summed E-state index contributed by atoms with van der Waals surface area (Å²) in [4.78, 5) is 0. The summed E-state index contributed by atoms with van der Waals surface area (Å²) in [5, 5.41) is 0. The smallest absolute Gasteiger partial charge is 0.154 e. The first-order valence-corrected chi connectivity index (χ1v) is 16.3. The summed E-state index contributed by atoms with van der Waals surface area (Å²) in [6.45, 7) is 23.0. The normalized spacial score (nSPS) is 25.9. The first kappa shape index (κ1) is 43.4. The number of rotatable bonds is 0. The van der Waals surface area contributed by atoms with Crippen LogP contribution in [0.4, 0.5) is 4.39 Å². The topological polar surface area (TPSA) is 18.5 Å². The molecule has 0 N–H and O–H groups in total. The molecular formula is C40H71FO2. The van der Waals surface area contributed by atoms with Crippen molar-refractivity contribution in [3.05, 3.63) is 70.5 Å². The van der Waals surface area contributed by atoms with Crippen molar-refractivity contribution in [2.24, 2.45) is 29.6 Å². The number of benzene rings is 2. The van der Waals surface area contributed by atoms with E-state index in [4.69, 9.17) is 9.47 Å². The van der Waals surface area contributed by atoms with Crippen LogP contribution in [-0.2, 0) is 9.47 Å². The first-order valence-electron chi connectivity index (χ1n) is 16.3. The van der Waals surface area contributed by atoms with Crippen LogP contribution in [0.2, 0.25) is 0 Å². The van der Waals surface area contributed by atoms with Crippen molar-refractivity contribution >= 4 is 0 Å². The standard InChI is InChI=1S/C8H9F.2C8H16.C8H10.C6H12O2.2CH4/c1-6-3-4-7(2)8(9)5-6;3*1-7-3-5-8(2)6-4-7;1-5-3-7-6(2)8-4-5;;/h3-5H,1-2H3;2*7-8H,3-6H2,1-2H3;3-6H,1-2H3;5-6H,3-4H2,1-2H3;2*1H4. The predicted molar refractivity (Wildman–Crippen MR) is 189 cm³/mol. The fourth-order valence-corrected chi connectivity index (χ4v) is 4.88. The van der Waals surface area contributed by atoms with Crippen molar-refractivity contribution in [3.63, 3.8) is 0 Å². The van der Waals surface area contributed by atoms with Gasteiger partial charge in [0, 0.05) is 5.92 Å². The van der Waals surface area contributed by atoms with Gasteiger partial charge >= 0.3 is 0 Å². The summed E-state index contributed by atoms with van der Waals surface area (Å²) in [6.07, 6.45) is 11.8. The zero-order chi connectivity index (χ0) is 30.8. The average Bonchev–Trinajstić information content (AvgIpc) is 2.94. The molecule has 250 valence electrons. The SMILES string of the molecule is C.C.CC1CCC(C)CC1.CC1CCC(C)CC1.CC1COC(C)OC1.Cc1ccc(C)c(F)c1.Cc1ccc(C)cc1. The molecule has 0 spiro atoms. The first-order chi connectivity index (χ1) is 19.3. The Morgan fingerprint density at radius 2 is 0.791 bits per heavy atom. The van der Waals surface area contributed by atoms with E-state index in [-0.39, 0.29) is 27.0 Å². The highest BCUT2D eigenvalue weighted by atomic mass is 19.1. The van der Waals surface area contributed by atoms with Gasteiger partial charge in [0.05, 0.1) is 13.2 Å². The van der Waals surface area contributed by atoms with Crippen LogP contribution in [0.3, 0.4) is 0 Å².